The molecule has 0 fully saturated rings. The molecule has 1 N–H and O–H groups in total. The van der Waals surface area contributed by atoms with Crippen molar-refractivity contribution in [3.05, 3.63) is 12.2 Å². The van der Waals surface area contributed by atoms with Crippen LogP contribution in [0.25, 0.3) is 0 Å². The van der Waals surface area contributed by atoms with Gasteiger partial charge in [-0.2, -0.15) is 0 Å². The van der Waals surface area contributed by atoms with Crippen molar-refractivity contribution in [2.24, 2.45) is 5.92 Å². The first kappa shape index (κ1) is 7.80. The fourth-order valence-electron chi connectivity index (χ4n) is 1.18. The zero-order chi connectivity index (χ0) is 7.56. The SMILES string of the molecule is CCC1C=CC(=N)CC1Cl. The van der Waals surface area contributed by atoms with E-state index in [2.05, 4.69) is 6.92 Å². The second-order valence-corrected chi connectivity index (χ2v) is 3.24. The highest BCUT2D eigenvalue weighted by molar-refractivity contribution is 6.23. The fourth-order valence-corrected chi connectivity index (χ4v) is 1.61. The van der Waals surface area contributed by atoms with Crippen LogP contribution in [0.2, 0.25) is 0 Å². The van der Waals surface area contributed by atoms with Crippen molar-refractivity contribution in [1.29, 1.82) is 5.41 Å². The van der Waals surface area contributed by atoms with Gasteiger partial charge in [0.1, 0.15) is 0 Å². The normalized spacial score (nSPS) is 32.8. The smallest absolute Gasteiger partial charge is 0.0453 e. The van der Waals surface area contributed by atoms with E-state index in [0.717, 1.165) is 12.8 Å². The second kappa shape index (κ2) is 3.20. The molecule has 0 aromatic rings. The lowest BCUT2D eigenvalue weighted by atomic mass is 9.92. The minimum absolute atomic E-state index is 0.155. The number of halogens is 1. The Labute approximate surface area is 66.6 Å². The van der Waals surface area contributed by atoms with Gasteiger partial charge < -0.3 is 5.41 Å². The molecule has 1 aliphatic rings. The molecule has 2 heteroatoms. The van der Waals surface area contributed by atoms with Crippen LogP contribution in [0.1, 0.15) is 19.8 Å². The lowest BCUT2D eigenvalue weighted by Gasteiger charge is -2.20. The number of allylic oxidation sites excluding steroid dienone is 2. The number of nitrogens with one attached hydrogen (secondary N) is 1. The molecule has 0 aliphatic heterocycles. The minimum Gasteiger partial charge on any atom is -0.305 e. The summed E-state index contributed by atoms with van der Waals surface area (Å²) in [6.45, 7) is 2.12. The molecule has 2 atom stereocenters. The predicted molar refractivity (Wildman–Crippen MR) is 44.9 cm³/mol. The summed E-state index contributed by atoms with van der Waals surface area (Å²) in [4.78, 5) is 0. The molecular weight excluding hydrogens is 146 g/mol. The van der Waals surface area contributed by atoms with Crippen molar-refractivity contribution in [2.75, 3.05) is 0 Å². The van der Waals surface area contributed by atoms with Crippen LogP contribution in [-0.4, -0.2) is 11.1 Å². The molecule has 2 unspecified atom stereocenters. The molecule has 1 aliphatic carbocycles. The van der Waals surface area contributed by atoms with E-state index in [1.165, 1.54) is 0 Å². The quantitative estimate of drug-likeness (QED) is 0.566. The van der Waals surface area contributed by atoms with E-state index in [4.69, 9.17) is 17.0 Å². The van der Waals surface area contributed by atoms with Gasteiger partial charge in [0.2, 0.25) is 0 Å². The summed E-state index contributed by atoms with van der Waals surface area (Å²) in [6.07, 6.45) is 5.73. The summed E-state index contributed by atoms with van der Waals surface area (Å²) in [6, 6.07) is 0. The number of alkyl halides is 1. The minimum atomic E-state index is 0.155. The van der Waals surface area contributed by atoms with Gasteiger partial charge in [-0.05, 0) is 18.4 Å². The van der Waals surface area contributed by atoms with Gasteiger partial charge in [-0.25, -0.2) is 0 Å². The number of hydrogen-bond acceptors (Lipinski definition) is 1. The highest BCUT2D eigenvalue weighted by Gasteiger charge is 2.19. The largest absolute Gasteiger partial charge is 0.305 e. The van der Waals surface area contributed by atoms with Crippen molar-refractivity contribution in [3.8, 4) is 0 Å². The van der Waals surface area contributed by atoms with E-state index in [1.54, 1.807) is 0 Å². The first-order valence-corrected chi connectivity index (χ1v) is 4.07. The molecule has 0 aromatic carbocycles. The lowest BCUT2D eigenvalue weighted by molar-refractivity contribution is 0.587. The zero-order valence-corrected chi connectivity index (χ0v) is 6.86. The Balaban J connectivity index is 2.62. The van der Waals surface area contributed by atoms with Crippen molar-refractivity contribution < 1.29 is 0 Å². The van der Waals surface area contributed by atoms with Crippen molar-refractivity contribution in [2.45, 2.75) is 25.1 Å². The first-order valence-electron chi connectivity index (χ1n) is 3.63. The molecule has 10 heavy (non-hydrogen) atoms. The molecule has 0 saturated heterocycles. The Bertz CT molecular complexity index is 163. The average Bonchev–Trinajstić information content (AvgIpc) is 1.88. The molecule has 56 valence electrons. The molecule has 1 rings (SSSR count). The maximum Gasteiger partial charge on any atom is 0.0453 e. The van der Waals surface area contributed by atoms with Crippen LogP contribution in [-0.2, 0) is 0 Å². The Morgan fingerprint density at radius 1 is 1.80 bits per heavy atom. The predicted octanol–water partition coefficient (Wildman–Crippen LogP) is 2.60. The summed E-state index contributed by atoms with van der Waals surface area (Å²) in [5, 5.41) is 7.47. The van der Waals surface area contributed by atoms with Crippen LogP contribution < -0.4 is 0 Å². The van der Waals surface area contributed by atoms with Gasteiger partial charge in [0.05, 0.1) is 0 Å². The molecule has 0 aromatic heterocycles. The highest BCUT2D eigenvalue weighted by atomic mass is 35.5. The van der Waals surface area contributed by atoms with Gasteiger partial charge in [-0.3, -0.25) is 0 Å². The van der Waals surface area contributed by atoms with Gasteiger partial charge in [0.25, 0.3) is 0 Å². The molecule has 1 nitrogen and oxygen atoms in total. The molecule has 0 saturated carbocycles. The van der Waals surface area contributed by atoms with E-state index < -0.39 is 0 Å². The standard InChI is InChI=1S/C8H12ClN/c1-2-6-3-4-7(10)5-8(6)9/h3-4,6,8,10H,2,5H2,1H3. The van der Waals surface area contributed by atoms with Crippen molar-refractivity contribution in [3.63, 3.8) is 0 Å². The van der Waals surface area contributed by atoms with Crippen LogP contribution in [0, 0.1) is 11.3 Å². The van der Waals surface area contributed by atoms with Gasteiger partial charge >= 0.3 is 0 Å². The Hall–Kier alpha value is -0.300. The van der Waals surface area contributed by atoms with Crippen LogP contribution in [0.5, 0.6) is 0 Å². The number of rotatable bonds is 1. The van der Waals surface area contributed by atoms with Crippen LogP contribution in [0.3, 0.4) is 0 Å². The summed E-state index contributed by atoms with van der Waals surface area (Å²) in [5.41, 5.74) is 0.657. The summed E-state index contributed by atoms with van der Waals surface area (Å²) >= 11 is 5.99. The van der Waals surface area contributed by atoms with Gasteiger partial charge in [-0.1, -0.05) is 13.0 Å². The van der Waals surface area contributed by atoms with Crippen LogP contribution >= 0.6 is 11.6 Å². The molecular formula is C8H12ClN. The third-order valence-electron chi connectivity index (χ3n) is 1.90. The molecule has 0 spiro atoms. The summed E-state index contributed by atoms with van der Waals surface area (Å²) < 4.78 is 0. The molecule has 0 heterocycles. The lowest BCUT2D eigenvalue weighted by Crippen LogP contribution is -2.19. The summed E-state index contributed by atoms with van der Waals surface area (Å²) in [5.74, 6) is 0.482. The maximum absolute atomic E-state index is 7.31. The second-order valence-electron chi connectivity index (χ2n) is 2.68. The topological polar surface area (TPSA) is 23.9 Å². The Morgan fingerprint density at radius 2 is 2.50 bits per heavy atom. The van der Waals surface area contributed by atoms with Gasteiger partial charge in [0, 0.05) is 17.5 Å². The zero-order valence-electron chi connectivity index (χ0n) is 6.10. The number of hydrogen-bond donors (Lipinski definition) is 1. The molecule has 0 bridgehead atoms. The van der Waals surface area contributed by atoms with Crippen molar-refractivity contribution >= 4 is 17.3 Å². The third kappa shape index (κ3) is 1.60. The fraction of sp³-hybridized carbons (Fsp3) is 0.625. The van der Waals surface area contributed by atoms with Crippen LogP contribution in [0.4, 0.5) is 0 Å². The highest BCUT2D eigenvalue weighted by Crippen LogP contribution is 2.23. The maximum atomic E-state index is 7.31. The van der Waals surface area contributed by atoms with Gasteiger partial charge in [-0.15, -0.1) is 11.6 Å². The van der Waals surface area contributed by atoms with Crippen molar-refractivity contribution in [1.82, 2.24) is 0 Å². The van der Waals surface area contributed by atoms with Crippen LogP contribution in [0.15, 0.2) is 12.2 Å². The third-order valence-corrected chi connectivity index (χ3v) is 2.37. The van der Waals surface area contributed by atoms with Gasteiger partial charge in [0.15, 0.2) is 0 Å². The molecule has 0 radical (unpaired) electrons. The monoisotopic (exact) mass is 157 g/mol. The van der Waals surface area contributed by atoms with E-state index in [0.29, 0.717) is 11.6 Å². The van der Waals surface area contributed by atoms with E-state index in [-0.39, 0.29) is 5.38 Å². The van der Waals surface area contributed by atoms with E-state index in [9.17, 15) is 0 Å². The molecule has 0 amide bonds. The Kier molecular flexibility index (Phi) is 2.50. The summed E-state index contributed by atoms with van der Waals surface area (Å²) in [7, 11) is 0. The first-order chi connectivity index (χ1) is 4.74. The average molecular weight is 158 g/mol. The van der Waals surface area contributed by atoms with E-state index in [1.807, 2.05) is 12.2 Å². The van der Waals surface area contributed by atoms with E-state index >= 15 is 0 Å². The Morgan fingerprint density at radius 3 is 3.00 bits per heavy atom.